The summed E-state index contributed by atoms with van der Waals surface area (Å²) in [5.41, 5.74) is 1.26. The normalized spacial score (nSPS) is 36.7. The van der Waals surface area contributed by atoms with Crippen LogP contribution in [0.1, 0.15) is 38.4 Å². The van der Waals surface area contributed by atoms with Crippen LogP contribution >= 0.6 is 0 Å². The first-order valence-electron chi connectivity index (χ1n) is 9.35. The summed E-state index contributed by atoms with van der Waals surface area (Å²) >= 11 is 0. The van der Waals surface area contributed by atoms with Gasteiger partial charge < -0.3 is 10.4 Å². The first-order valence-corrected chi connectivity index (χ1v) is 9.35. The van der Waals surface area contributed by atoms with E-state index < -0.39 is 5.97 Å². The molecule has 7 heteroatoms. The molecule has 4 saturated heterocycles. The number of anilines is 1. The topological polar surface area (TPSA) is 89.9 Å². The van der Waals surface area contributed by atoms with Gasteiger partial charge in [-0.15, -0.1) is 0 Å². The number of Topliss-reactive ketones (excluding diaryl/α,β-unsaturated/α-hetero) is 1. The average Bonchev–Trinajstić information content (AvgIpc) is 2.58. The van der Waals surface area contributed by atoms with Gasteiger partial charge in [0.1, 0.15) is 5.78 Å². The van der Waals surface area contributed by atoms with Crippen molar-refractivity contribution in [3.05, 3.63) is 29.8 Å². The summed E-state index contributed by atoms with van der Waals surface area (Å²) < 4.78 is 0. The molecule has 0 unspecified atom stereocenters. The Hall–Kier alpha value is -2.25. The summed E-state index contributed by atoms with van der Waals surface area (Å²) in [6, 6.07) is 7.73. The van der Waals surface area contributed by atoms with E-state index in [9.17, 15) is 14.4 Å². The van der Waals surface area contributed by atoms with Crippen LogP contribution in [0.3, 0.4) is 0 Å². The first kappa shape index (κ1) is 18.1. The van der Waals surface area contributed by atoms with Crippen molar-refractivity contribution >= 4 is 23.3 Å². The highest BCUT2D eigenvalue weighted by molar-refractivity contribution is 5.93. The summed E-state index contributed by atoms with van der Waals surface area (Å²) in [4.78, 5) is 39.9. The van der Waals surface area contributed by atoms with Gasteiger partial charge in [-0.1, -0.05) is 26.0 Å². The van der Waals surface area contributed by atoms with Crippen molar-refractivity contribution in [2.45, 2.75) is 32.9 Å². The minimum absolute atomic E-state index is 0.0353. The molecular weight excluding hydrogens is 346 g/mol. The Morgan fingerprint density at radius 3 is 2.04 bits per heavy atom. The second-order valence-corrected chi connectivity index (χ2v) is 8.70. The lowest BCUT2D eigenvalue weighted by atomic mass is 9.62. The van der Waals surface area contributed by atoms with Gasteiger partial charge in [0.2, 0.25) is 5.91 Å². The van der Waals surface area contributed by atoms with Crippen LogP contribution < -0.4 is 5.32 Å². The Balaban J connectivity index is 1.47. The van der Waals surface area contributed by atoms with E-state index in [1.165, 1.54) is 0 Å². The van der Waals surface area contributed by atoms with Gasteiger partial charge in [0.15, 0.2) is 0 Å². The zero-order valence-corrected chi connectivity index (χ0v) is 15.7. The van der Waals surface area contributed by atoms with Crippen LogP contribution in [0, 0.1) is 10.8 Å². The van der Waals surface area contributed by atoms with E-state index in [0.717, 1.165) is 31.7 Å². The van der Waals surface area contributed by atoms with E-state index in [4.69, 9.17) is 5.11 Å². The number of carboxylic acid groups (broad SMARTS) is 1. The predicted molar refractivity (Wildman–Crippen MR) is 99.0 cm³/mol. The number of hydrogen-bond acceptors (Lipinski definition) is 5. The number of benzene rings is 1. The van der Waals surface area contributed by atoms with Crippen LogP contribution in [0.25, 0.3) is 0 Å². The number of rotatable bonds is 5. The number of nitrogens with one attached hydrogen (secondary N) is 1. The molecule has 1 aromatic carbocycles. The fourth-order valence-corrected chi connectivity index (χ4v) is 5.20. The number of hydrogen-bond donors (Lipinski definition) is 2. The van der Waals surface area contributed by atoms with E-state index >= 15 is 0 Å². The van der Waals surface area contributed by atoms with E-state index in [0.29, 0.717) is 11.5 Å². The minimum Gasteiger partial charge on any atom is -0.481 e. The number of amides is 1. The summed E-state index contributed by atoms with van der Waals surface area (Å²) in [5.74, 6) is -0.877. The highest BCUT2D eigenvalue weighted by atomic mass is 16.4. The fraction of sp³-hybridized carbons (Fsp3) is 0.550. The van der Waals surface area contributed by atoms with Gasteiger partial charge in [0, 0.05) is 38.3 Å². The molecule has 4 aliphatic rings. The van der Waals surface area contributed by atoms with Crippen LogP contribution in [0.2, 0.25) is 0 Å². The lowest BCUT2D eigenvalue weighted by molar-refractivity contribution is -0.197. The quantitative estimate of drug-likeness (QED) is 0.819. The van der Waals surface area contributed by atoms with Crippen LogP contribution in [0.5, 0.6) is 0 Å². The largest absolute Gasteiger partial charge is 0.481 e. The van der Waals surface area contributed by atoms with E-state index in [1.807, 2.05) is 24.3 Å². The standard InChI is InChI=1S/C20H25N3O4/c1-19-9-22-11-20(2,18(19)27)12-23(10-19)17(22)13-3-5-14(6-4-13)21-15(24)7-8-16(25)26/h3-6,17H,7-12H2,1-2H3,(H,21,24)(H,25,26). The third kappa shape index (κ3) is 3.04. The molecule has 7 nitrogen and oxygen atoms in total. The first-order chi connectivity index (χ1) is 12.7. The molecule has 0 saturated carbocycles. The number of piperidine rings is 2. The zero-order chi connectivity index (χ0) is 19.4. The van der Waals surface area contributed by atoms with Gasteiger partial charge in [0.05, 0.1) is 23.4 Å². The zero-order valence-electron chi connectivity index (χ0n) is 15.7. The van der Waals surface area contributed by atoms with Crippen LogP contribution in [-0.4, -0.2) is 58.7 Å². The highest BCUT2D eigenvalue weighted by Gasteiger charge is 2.61. The maximum atomic E-state index is 12.8. The van der Waals surface area contributed by atoms with Gasteiger partial charge in [0.25, 0.3) is 0 Å². The molecule has 4 heterocycles. The van der Waals surface area contributed by atoms with Crippen molar-refractivity contribution in [3.63, 3.8) is 0 Å². The Morgan fingerprint density at radius 1 is 1.04 bits per heavy atom. The van der Waals surface area contributed by atoms with Crippen molar-refractivity contribution < 1.29 is 19.5 Å². The SMILES string of the molecule is CC12CN3CC(C)(CN(C1)C3c1ccc(NC(=O)CCC(=O)O)cc1)C2=O. The van der Waals surface area contributed by atoms with Gasteiger partial charge in [-0.05, 0) is 17.7 Å². The van der Waals surface area contributed by atoms with Crippen molar-refractivity contribution in [1.82, 2.24) is 9.80 Å². The number of nitrogens with zero attached hydrogens (tertiary/aromatic N) is 2. The molecule has 1 amide bonds. The molecule has 0 atom stereocenters. The Bertz CT molecular complexity index is 764. The molecular formula is C20H25N3O4. The summed E-state index contributed by atoms with van der Waals surface area (Å²) in [5, 5.41) is 11.4. The number of carboxylic acids is 1. The monoisotopic (exact) mass is 371 g/mol. The molecule has 4 fully saturated rings. The highest BCUT2D eigenvalue weighted by Crippen LogP contribution is 2.51. The van der Waals surface area contributed by atoms with Crippen molar-refractivity contribution in [1.29, 1.82) is 0 Å². The van der Waals surface area contributed by atoms with Gasteiger partial charge in [-0.25, -0.2) is 0 Å². The molecule has 27 heavy (non-hydrogen) atoms. The van der Waals surface area contributed by atoms with Crippen LogP contribution in [-0.2, 0) is 14.4 Å². The molecule has 1 aromatic rings. The third-order valence-corrected chi connectivity index (χ3v) is 6.05. The smallest absolute Gasteiger partial charge is 0.303 e. The summed E-state index contributed by atoms with van der Waals surface area (Å²) in [6.45, 7) is 7.31. The molecule has 0 spiro atoms. The molecule has 4 bridgehead atoms. The fourth-order valence-electron chi connectivity index (χ4n) is 5.20. The number of carbonyl (C=O) groups is 3. The third-order valence-electron chi connectivity index (χ3n) is 6.05. The summed E-state index contributed by atoms with van der Waals surface area (Å²) in [7, 11) is 0. The lowest BCUT2D eigenvalue weighted by Gasteiger charge is -2.64. The average molecular weight is 371 g/mol. The van der Waals surface area contributed by atoms with Crippen molar-refractivity contribution in [2.24, 2.45) is 10.8 Å². The molecule has 0 aromatic heterocycles. The number of ketones is 1. The van der Waals surface area contributed by atoms with E-state index in [-0.39, 0.29) is 35.7 Å². The number of aliphatic carboxylic acids is 1. The second kappa shape index (κ2) is 6.14. The molecule has 144 valence electrons. The predicted octanol–water partition coefficient (Wildman–Crippen LogP) is 1.71. The van der Waals surface area contributed by atoms with Crippen molar-refractivity contribution in [2.75, 3.05) is 31.5 Å². The Labute approximate surface area is 158 Å². The maximum absolute atomic E-state index is 12.8. The lowest BCUT2D eigenvalue weighted by Crippen LogP contribution is -2.75. The Kier molecular flexibility index (Phi) is 4.12. The van der Waals surface area contributed by atoms with E-state index in [2.05, 4.69) is 29.0 Å². The molecule has 0 aliphatic carbocycles. The van der Waals surface area contributed by atoms with Gasteiger partial charge >= 0.3 is 5.97 Å². The van der Waals surface area contributed by atoms with Gasteiger partial charge in [-0.2, -0.15) is 0 Å². The minimum atomic E-state index is -0.980. The second-order valence-electron chi connectivity index (χ2n) is 8.70. The number of carbonyl (C=O) groups excluding carboxylic acids is 2. The van der Waals surface area contributed by atoms with Crippen LogP contribution in [0.4, 0.5) is 5.69 Å². The van der Waals surface area contributed by atoms with Crippen LogP contribution in [0.15, 0.2) is 24.3 Å². The Morgan fingerprint density at radius 2 is 1.56 bits per heavy atom. The van der Waals surface area contributed by atoms with Gasteiger partial charge in [-0.3, -0.25) is 24.2 Å². The van der Waals surface area contributed by atoms with E-state index in [1.54, 1.807) is 0 Å². The molecule has 0 radical (unpaired) electrons. The van der Waals surface area contributed by atoms with Crippen molar-refractivity contribution in [3.8, 4) is 0 Å². The molecule has 2 N–H and O–H groups in total. The maximum Gasteiger partial charge on any atom is 0.303 e. The molecule has 5 rings (SSSR count). The summed E-state index contributed by atoms with van der Waals surface area (Å²) in [6.07, 6.45) is -0.0467. The molecule has 4 aliphatic heterocycles.